The highest BCUT2D eigenvalue weighted by Gasteiger charge is 2.29. The first kappa shape index (κ1) is 17.1. The van der Waals surface area contributed by atoms with Crippen LogP contribution in [0.25, 0.3) is 28.4 Å². The fourth-order valence-electron chi connectivity index (χ4n) is 3.69. The molecule has 1 aromatic heterocycles. The molecule has 0 atom stereocenters. The lowest BCUT2D eigenvalue weighted by molar-refractivity contribution is 0.0863. The zero-order valence-electron chi connectivity index (χ0n) is 15.7. The highest BCUT2D eigenvalue weighted by molar-refractivity contribution is 6.05. The summed E-state index contributed by atoms with van der Waals surface area (Å²) in [5.74, 6) is 0.259. The zero-order chi connectivity index (χ0) is 20.0. The number of hydrogen-bond acceptors (Lipinski definition) is 3. The Kier molecular flexibility index (Phi) is 3.88. The van der Waals surface area contributed by atoms with E-state index in [1.807, 2.05) is 60.7 Å². The van der Waals surface area contributed by atoms with Crippen LogP contribution in [0.2, 0.25) is 0 Å². The number of amides is 1. The van der Waals surface area contributed by atoms with Crippen molar-refractivity contribution in [1.82, 2.24) is 14.5 Å². The molecule has 0 aliphatic carbocycles. The van der Waals surface area contributed by atoms with Crippen LogP contribution >= 0.6 is 0 Å². The van der Waals surface area contributed by atoms with E-state index in [9.17, 15) is 9.59 Å². The summed E-state index contributed by atoms with van der Waals surface area (Å²) in [6.45, 7) is 0. The van der Waals surface area contributed by atoms with Crippen molar-refractivity contribution in [2.75, 3.05) is 7.05 Å². The third kappa shape index (κ3) is 2.67. The van der Waals surface area contributed by atoms with Crippen LogP contribution < -0.4 is 5.56 Å². The van der Waals surface area contributed by atoms with Crippen molar-refractivity contribution < 1.29 is 4.79 Å². The molecule has 3 aromatic carbocycles. The van der Waals surface area contributed by atoms with E-state index in [0.717, 1.165) is 5.56 Å². The van der Waals surface area contributed by atoms with Gasteiger partial charge in [0.25, 0.3) is 11.5 Å². The Bertz CT molecular complexity index is 1350. The summed E-state index contributed by atoms with van der Waals surface area (Å²) in [4.78, 5) is 33.1. The summed E-state index contributed by atoms with van der Waals surface area (Å²) >= 11 is 0. The Morgan fingerprint density at radius 2 is 1.52 bits per heavy atom. The molecule has 1 amide bonds. The van der Waals surface area contributed by atoms with Gasteiger partial charge in [-0.25, -0.2) is 4.98 Å². The van der Waals surface area contributed by atoms with Crippen LogP contribution in [0, 0.1) is 0 Å². The fourth-order valence-corrected chi connectivity index (χ4v) is 3.69. The molecule has 5 heteroatoms. The van der Waals surface area contributed by atoms with Crippen molar-refractivity contribution in [1.29, 1.82) is 0 Å². The number of carbonyl (C=O) groups is 1. The summed E-state index contributed by atoms with van der Waals surface area (Å²) in [7, 11) is 1.71. The maximum absolute atomic E-state index is 13.5. The molecule has 1 aliphatic rings. The lowest BCUT2D eigenvalue weighted by Crippen LogP contribution is -2.26. The minimum atomic E-state index is -0.194. The van der Waals surface area contributed by atoms with Crippen molar-refractivity contribution in [2.45, 2.75) is 0 Å². The summed E-state index contributed by atoms with van der Waals surface area (Å²) in [6.07, 6.45) is 1.89. The Labute approximate surface area is 167 Å². The van der Waals surface area contributed by atoms with Gasteiger partial charge in [0.1, 0.15) is 0 Å². The average molecular weight is 379 g/mol. The zero-order valence-corrected chi connectivity index (χ0v) is 15.7. The lowest BCUT2D eigenvalue weighted by atomic mass is 10.1. The first-order valence-electron chi connectivity index (χ1n) is 9.31. The maximum Gasteiger partial charge on any atom is 0.266 e. The number of benzene rings is 3. The van der Waals surface area contributed by atoms with Gasteiger partial charge in [-0.15, -0.1) is 0 Å². The van der Waals surface area contributed by atoms with E-state index in [0.29, 0.717) is 33.7 Å². The van der Waals surface area contributed by atoms with Crippen molar-refractivity contribution in [3.05, 3.63) is 106 Å². The maximum atomic E-state index is 13.5. The Morgan fingerprint density at radius 3 is 2.34 bits per heavy atom. The Balaban J connectivity index is 1.94. The number of nitrogens with zero attached hydrogens (tertiary/aromatic N) is 3. The number of aromatic nitrogens is 2. The van der Waals surface area contributed by atoms with Crippen LogP contribution in [0.15, 0.2) is 83.7 Å². The molecule has 5 nitrogen and oxygen atoms in total. The Morgan fingerprint density at radius 1 is 0.828 bits per heavy atom. The molecule has 0 saturated heterocycles. The van der Waals surface area contributed by atoms with Gasteiger partial charge in [0.05, 0.1) is 27.9 Å². The summed E-state index contributed by atoms with van der Waals surface area (Å²) in [6, 6.07) is 24.1. The quantitative estimate of drug-likeness (QED) is 0.503. The average Bonchev–Trinajstić information content (AvgIpc) is 2.85. The molecule has 2 heterocycles. The van der Waals surface area contributed by atoms with E-state index in [1.54, 1.807) is 40.8 Å². The molecule has 0 N–H and O–H groups in total. The first-order chi connectivity index (χ1) is 14.1. The molecule has 1 aliphatic heterocycles. The van der Waals surface area contributed by atoms with Gasteiger partial charge >= 0.3 is 0 Å². The number of carbonyl (C=O) groups excluding carboxylic acids is 1. The topological polar surface area (TPSA) is 55.2 Å². The summed E-state index contributed by atoms with van der Waals surface area (Å²) in [5.41, 5.74) is 2.90. The molecule has 29 heavy (non-hydrogen) atoms. The predicted molar refractivity (Wildman–Crippen MR) is 114 cm³/mol. The molecule has 0 bridgehead atoms. The van der Waals surface area contributed by atoms with E-state index < -0.39 is 0 Å². The van der Waals surface area contributed by atoms with Crippen LogP contribution in [0.5, 0.6) is 0 Å². The molecule has 140 valence electrons. The molecule has 0 fully saturated rings. The Hall–Kier alpha value is -3.99. The van der Waals surface area contributed by atoms with Gasteiger partial charge in [0.2, 0.25) is 0 Å². The third-order valence-electron chi connectivity index (χ3n) is 5.15. The lowest BCUT2D eigenvalue weighted by Gasteiger charge is -2.19. The molecule has 5 rings (SSSR count). The van der Waals surface area contributed by atoms with E-state index in [4.69, 9.17) is 4.98 Å². The number of para-hydroxylation sites is 2. The molecular formula is C24H17N3O2. The minimum absolute atomic E-state index is 0.184. The third-order valence-corrected chi connectivity index (χ3v) is 5.15. The van der Waals surface area contributed by atoms with E-state index in [1.165, 1.54) is 0 Å². The SMILES string of the molecule is CN1C(=O)c2ccccc2-n2c(nc3ccccc3c2=O)/C1=C/c1ccccc1. The van der Waals surface area contributed by atoms with Gasteiger partial charge in [0.15, 0.2) is 5.82 Å². The summed E-state index contributed by atoms with van der Waals surface area (Å²) < 4.78 is 1.55. The van der Waals surface area contributed by atoms with Gasteiger partial charge in [-0.1, -0.05) is 54.6 Å². The second kappa shape index (κ2) is 6.56. The number of hydrogen-bond donors (Lipinski definition) is 0. The molecule has 0 unspecified atom stereocenters. The monoisotopic (exact) mass is 379 g/mol. The van der Waals surface area contributed by atoms with E-state index >= 15 is 0 Å². The second-order valence-corrected chi connectivity index (χ2v) is 6.91. The van der Waals surface area contributed by atoms with Crippen molar-refractivity contribution >= 4 is 28.6 Å². The van der Waals surface area contributed by atoms with Gasteiger partial charge in [-0.2, -0.15) is 0 Å². The molecule has 0 spiro atoms. The molecule has 0 radical (unpaired) electrons. The predicted octanol–water partition coefficient (Wildman–Crippen LogP) is 3.97. The minimum Gasteiger partial charge on any atom is -0.308 e. The normalized spacial score (nSPS) is 14.6. The van der Waals surface area contributed by atoms with Crippen LogP contribution in [-0.4, -0.2) is 27.4 Å². The van der Waals surface area contributed by atoms with Crippen molar-refractivity contribution in [2.24, 2.45) is 0 Å². The van der Waals surface area contributed by atoms with Crippen molar-refractivity contribution in [3.63, 3.8) is 0 Å². The van der Waals surface area contributed by atoms with E-state index in [2.05, 4.69) is 0 Å². The largest absolute Gasteiger partial charge is 0.308 e. The smallest absolute Gasteiger partial charge is 0.266 e. The van der Waals surface area contributed by atoms with Crippen molar-refractivity contribution in [3.8, 4) is 5.69 Å². The van der Waals surface area contributed by atoms with Gasteiger partial charge in [0, 0.05) is 7.05 Å². The summed E-state index contributed by atoms with van der Waals surface area (Å²) in [5, 5.41) is 0.516. The van der Waals surface area contributed by atoms with Crippen LogP contribution in [-0.2, 0) is 0 Å². The molecular weight excluding hydrogens is 362 g/mol. The van der Waals surface area contributed by atoms with Gasteiger partial charge in [-0.3, -0.25) is 14.2 Å². The first-order valence-corrected chi connectivity index (χ1v) is 9.31. The van der Waals surface area contributed by atoms with Gasteiger partial charge in [-0.05, 0) is 35.9 Å². The van der Waals surface area contributed by atoms with Gasteiger partial charge < -0.3 is 4.90 Å². The standard InChI is InChI=1S/C24H17N3O2/c1-26-21(15-16-9-3-2-4-10-16)22-25-19-13-7-5-11-17(19)24(29)27(22)20-14-8-6-12-18(20)23(26)28/h2-15H,1H3/b21-15-. The molecule has 0 saturated carbocycles. The highest BCUT2D eigenvalue weighted by atomic mass is 16.2. The second-order valence-electron chi connectivity index (χ2n) is 6.91. The highest BCUT2D eigenvalue weighted by Crippen LogP contribution is 2.30. The van der Waals surface area contributed by atoms with Crippen LogP contribution in [0.1, 0.15) is 21.7 Å². The number of rotatable bonds is 1. The fraction of sp³-hybridized carbons (Fsp3) is 0.0417. The molecule has 4 aromatic rings. The number of fused-ring (bicyclic) bond motifs is 4. The van der Waals surface area contributed by atoms with Crippen LogP contribution in [0.4, 0.5) is 0 Å². The van der Waals surface area contributed by atoms with Crippen LogP contribution in [0.3, 0.4) is 0 Å². The van der Waals surface area contributed by atoms with E-state index in [-0.39, 0.29) is 11.5 Å².